The Hall–Kier alpha value is -1.68. The Morgan fingerprint density at radius 3 is 2.83 bits per heavy atom. The first-order chi connectivity index (χ1) is 8.62. The van der Waals surface area contributed by atoms with E-state index in [2.05, 4.69) is 21.6 Å². The summed E-state index contributed by atoms with van der Waals surface area (Å²) in [4.78, 5) is 13.8. The number of aromatic nitrogens is 2. The Morgan fingerprint density at radius 1 is 1.56 bits per heavy atom. The highest BCUT2D eigenvalue weighted by atomic mass is 32.1. The maximum absolute atomic E-state index is 12.1. The number of nitrogens with zero attached hydrogens (tertiary/aromatic N) is 4. The first-order valence-electron chi connectivity index (χ1n) is 5.88. The molecule has 1 N–H and O–H groups in total. The lowest BCUT2D eigenvalue weighted by atomic mass is 10.2. The van der Waals surface area contributed by atoms with Crippen molar-refractivity contribution in [2.24, 2.45) is 5.92 Å². The molecule has 6 nitrogen and oxygen atoms in total. The lowest BCUT2D eigenvalue weighted by molar-refractivity contribution is 0.0751. The molecule has 0 radical (unpaired) electrons. The van der Waals surface area contributed by atoms with E-state index in [1.807, 2.05) is 13.8 Å². The van der Waals surface area contributed by atoms with Crippen molar-refractivity contribution in [2.45, 2.75) is 20.8 Å². The van der Waals surface area contributed by atoms with Crippen LogP contribution in [0.1, 0.15) is 30.6 Å². The molecule has 98 valence electrons. The van der Waals surface area contributed by atoms with Crippen LogP contribution in [0.2, 0.25) is 0 Å². The molecule has 1 heterocycles. The largest absolute Gasteiger partial charge is 0.360 e. The summed E-state index contributed by atoms with van der Waals surface area (Å²) in [7, 11) is 0. The van der Waals surface area contributed by atoms with Crippen molar-refractivity contribution in [3.8, 4) is 6.07 Å². The van der Waals surface area contributed by atoms with Gasteiger partial charge >= 0.3 is 0 Å². The first-order valence-corrected chi connectivity index (χ1v) is 6.70. The molecule has 18 heavy (non-hydrogen) atoms. The molecular weight excluding hydrogens is 250 g/mol. The number of carbonyl (C=O) groups excluding carboxylic acids is 1. The lowest BCUT2D eigenvalue weighted by Gasteiger charge is -2.20. The summed E-state index contributed by atoms with van der Waals surface area (Å²) in [5, 5.41) is 20.6. The normalized spacial score (nSPS) is 11.7. The molecule has 0 aliphatic rings. The molecule has 1 aromatic heterocycles. The minimum absolute atomic E-state index is 0.166. The van der Waals surface area contributed by atoms with Crippen LogP contribution in [0.5, 0.6) is 0 Å². The van der Waals surface area contributed by atoms with E-state index in [0.29, 0.717) is 23.2 Å². The van der Waals surface area contributed by atoms with Gasteiger partial charge in [0, 0.05) is 19.6 Å². The zero-order chi connectivity index (χ0) is 13.5. The standard InChI is InChI=1S/C11H17N5OS/c1-4-13-11-15-14-9(18-11)10(17)16(5-2)7-8(3)6-12/h8H,4-5,7H2,1-3H3,(H,13,15). The van der Waals surface area contributed by atoms with Gasteiger partial charge in [-0.2, -0.15) is 5.26 Å². The summed E-state index contributed by atoms with van der Waals surface area (Å²) in [6.07, 6.45) is 0. The van der Waals surface area contributed by atoms with Gasteiger partial charge in [0.25, 0.3) is 5.91 Å². The van der Waals surface area contributed by atoms with E-state index in [1.165, 1.54) is 11.3 Å². The first kappa shape index (κ1) is 14.4. The molecule has 1 aromatic rings. The summed E-state index contributed by atoms with van der Waals surface area (Å²) in [5.41, 5.74) is 0. The summed E-state index contributed by atoms with van der Waals surface area (Å²) in [6, 6.07) is 2.12. The van der Waals surface area contributed by atoms with Crippen LogP contribution in [0, 0.1) is 17.2 Å². The maximum Gasteiger partial charge on any atom is 0.284 e. The zero-order valence-electron chi connectivity index (χ0n) is 10.8. The highest BCUT2D eigenvalue weighted by Gasteiger charge is 2.20. The second kappa shape index (κ2) is 6.91. The van der Waals surface area contributed by atoms with E-state index < -0.39 is 0 Å². The van der Waals surface area contributed by atoms with Crippen molar-refractivity contribution in [1.29, 1.82) is 5.26 Å². The van der Waals surface area contributed by atoms with Crippen LogP contribution < -0.4 is 5.32 Å². The fourth-order valence-corrected chi connectivity index (χ4v) is 2.17. The van der Waals surface area contributed by atoms with E-state index >= 15 is 0 Å². The van der Waals surface area contributed by atoms with E-state index in [1.54, 1.807) is 11.8 Å². The molecule has 0 aromatic carbocycles. The van der Waals surface area contributed by atoms with Gasteiger partial charge in [-0.1, -0.05) is 11.3 Å². The number of anilines is 1. The monoisotopic (exact) mass is 267 g/mol. The third kappa shape index (κ3) is 3.67. The van der Waals surface area contributed by atoms with Crippen LogP contribution in [0.15, 0.2) is 0 Å². The Morgan fingerprint density at radius 2 is 2.28 bits per heavy atom. The topological polar surface area (TPSA) is 81.9 Å². The summed E-state index contributed by atoms with van der Waals surface area (Å²) in [6.45, 7) is 7.35. The SMILES string of the molecule is CCNc1nnc(C(=O)N(CC)CC(C)C#N)s1. The van der Waals surface area contributed by atoms with Gasteiger partial charge in [-0.25, -0.2) is 0 Å². The fraction of sp³-hybridized carbons (Fsp3) is 0.636. The van der Waals surface area contributed by atoms with Gasteiger partial charge < -0.3 is 10.2 Å². The van der Waals surface area contributed by atoms with Crippen LogP contribution in [-0.2, 0) is 0 Å². The molecule has 0 bridgehead atoms. The van der Waals surface area contributed by atoms with Gasteiger partial charge in [0.2, 0.25) is 10.1 Å². The molecule has 1 rings (SSSR count). The Bertz CT molecular complexity index is 439. The predicted octanol–water partition coefficient (Wildman–Crippen LogP) is 1.59. The molecule has 0 spiro atoms. The van der Waals surface area contributed by atoms with E-state index in [9.17, 15) is 4.79 Å². The summed E-state index contributed by atoms with van der Waals surface area (Å²) in [5.74, 6) is -0.351. The van der Waals surface area contributed by atoms with Crippen LogP contribution in [0.4, 0.5) is 5.13 Å². The van der Waals surface area contributed by atoms with Gasteiger partial charge in [-0.05, 0) is 20.8 Å². The molecular formula is C11H17N5OS. The molecule has 7 heteroatoms. The van der Waals surface area contributed by atoms with Crippen LogP contribution in [0.3, 0.4) is 0 Å². The number of hydrogen-bond donors (Lipinski definition) is 1. The van der Waals surface area contributed by atoms with Crippen molar-refractivity contribution >= 4 is 22.4 Å². The van der Waals surface area contributed by atoms with E-state index in [0.717, 1.165) is 6.54 Å². The van der Waals surface area contributed by atoms with Crippen molar-refractivity contribution in [2.75, 3.05) is 25.0 Å². The third-order valence-electron chi connectivity index (χ3n) is 2.32. The van der Waals surface area contributed by atoms with Gasteiger partial charge in [0.1, 0.15) is 0 Å². The molecule has 1 amide bonds. The molecule has 1 unspecified atom stereocenters. The number of carbonyl (C=O) groups is 1. The van der Waals surface area contributed by atoms with Crippen molar-refractivity contribution in [3.63, 3.8) is 0 Å². The number of nitrogens with one attached hydrogen (secondary N) is 1. The molecule has 1 atom stereocenters. The lowest BCUT2D eigenvalue weighted by Crippen LogP contribution is -2.34. The molecule has 0 aliphatic carbocycles. The van der Waals surface area contributed by atoms with Crippen molar-refractivity contribution in [3.05, 3.63) is 5.01 Å². The Labute approximate surface area is 111 Å². The molecule has 0 aliphatic heterocycles. The van der Waals surface area contributed by atoms with Gasteiger partial charge in [-0.15, -0.1) is 10.2 Å². The van der Waals surface area contributed by atoms with Crippen LogP contribution >= 0.6 is 11.3 Å². The quantitative estimate of drug-likeness (QED) is 0.846. The van der Waals surface area contributed by atoms with Gasteiger partial charge in [0.15, 0.2) is 0 Å². The summed E-state index contributed by atoms with van der Waals surface area (Å²) >= 11 is 1.24. The maximum atomic E-state index is 12.1. The molecule has 0 fully saturated rings. The van der Waals surface area contributed by atoms with Crippen LogP contribution in [-0.4, -0.2) is 40.6 Å². The van der Waals surface area contributed by atoms with Crippen LogP contribution in [0.25, 0.3) is 0 Å². The number of hydrogen-bond acceptors (Lipinski definition) is 6. The smallest absolute Gasteiger partial charge is 0.284 e. The average Bonchev–Trinajstić information content (AvgIpc) is 2.83. The summed E-state index contributed by atoms with van der Waals surface area (Å²) < 4.78 is 0. The minimum Gasteiger partial charge on any atom is -0.360 e. The third-order valence-corrected chi connectivity index (χ3v) is 3.19. The molecule has 0 saturated heterocycles. The van der Waals surface area contributed by atoms with E-state index in [4.69, 9.17) is 5.26 Å². The minimum atomic E-state index is -0.185. The van der Waals surface area contributed by atoms with Gasteiger partial charge in [-0.3, -0.25) is 4.79 Å². The number of amides is 1. The Kier molecular flexibility index (Phi) is 5.52. The fourth-order valence-electron chi connectivity index (χ4n) is 1.39. The predicted molar refractivity (Wildman–Crippen MR) is 70.4 cm³/mol. The average molecular weight is 267 g/mol. The number of nitriles is 1. The van der Waals surface area contributed by atoms with Crippen molar-refractivity contribution < 1.29 is 4.79 Å². The second-order valence-electron chi connectivity index (χ2n) is 3.82. The zero-order valence-corrected chi connectivity index (χ0v) is 11.6. The highest BCUT2D eigenvalue weighted by molar-refractivity contribution is 7.17. The number of rotatable bonds is 6. The van der Waals surface area contributed by atoms with Gasteiger partial charge in [0.05, 0.1) is 12.0 Å². The van der Waals surface area contributed by atoms with Crippen molar-refractivity contribution in [1.82, 2.24) is 15.1 Å². The second-order valence-corrected chi connectivity index (χ2v) is 4.79. The highest BCUT2D eigenvalue weighted by Crippen LogP contribution is 2.17. The molecule has 0 saturated carbocycles. The Balaban J connectivity index is 2.73. The van der Waals surface area contributed by atoms with E-state index in [-0.39, 0.29) is 11.8 Å².